The van der Waals surface area contributed by atoms with Crippen LogP contribution in [-0.2, 0) is 9.59 Å². The van der Waals surface area contributed by atoms with Gasteiger partial charge in [-0.25, -0.2) is 4.79 Å². The number of hydrogen-bond donors (Lipinski definition) is 2. The van der Waals surface area contributed by atoms with Crippen molar-refractivity contribution in [1.82, 2.24) is 10.2 Å². The minimum atomic E-state index is -0.836. The molecule has 1 saturated carbocycles. The van der Waals surface area contributed by atoms with Crippen molar-refractivity contribution in [2.45, 2.75) is 31.7 Å². The van der Waals surface area contributed by atoms with Crippen LogP contribution < -0.4 is 5.32 Å². The zero-order chi connectivity index (χ0) is 11.7. The van der Waals surface area contributed by atoms with Crippen LogP contribution in [-0.4, -0.2) is 40.5 Å². The molecule has 0 radical (unpaired) electrons. The van der Waals surface area contributed by atoms with Crippen molar-refractivity contribution in [3.05, 3.63) is 0 Å². The third kappa shape index (κ3) is 1.87. The van der Waals surface area contributed by atoms with Gasteiger partial charge < -0.3 is 10.4 Å². The number of nitrogens with zero attached hydrogens (tertiary/aromatic N) is 1. The third-order valence-corrected chi connectivity index (χ3v) is 3.24. The number of rotatable bonds is 2. The van der Waals surface area contributed by atoms with Crippen LogP contribution in [0.15, 0.2) is 0 Å². The van der Waals surface area contributed by atoms with E-state index in [1.54, 1.807) is 0 Å². The van der Waals surface area contributed by atoms with Gasteiger partial charge in [-0.1, -0.05) is 6.42 Å². The van der Waals surface area contributed by atoms with Gasteiger partial charge >= 0.3 is 12.0 Å². The molecule has 2 N–H and O–H groups in total. The SMILES string of the molecule is O=C(O)C1CCCC(N2C(=O)CNC2=O)C1. The summed E-state index contributed by atoms with van der Waals surface area (Å²) in [6.45, 7) is 0.0348. The predicted molar refractivity (Wildman–Crippen MR) is 53.6 cm³/mol. The first kappa shape index (κ1) is 10.9. The Labute approximate surface area is 92.6 Å². The Morgan fingerprint density at radius 3 is 2.69 bits per heavy atom. The lowest BCUT2D eigenvalue weighted by atomic mass is 9.85. The van der Waals surface area contributed by atoms with Gasteiger partial charge in [0.1, 0.15) is 0 Å². The second-order valence-electron chi connectivity index (χ2n) is 4.28. The number of carbonyl (C=O) groups is 3. The van der Waals surface area contributed by atoms with E-state index in [2.05, 4.69) is 5.32 Å². The summed E-state index contributed by atoms with van der Waals surface area (Å²) in [7, 11) is 0. The number of aliphatic carboxylic acids is 1. The Morgan fingerprint density at radius 1 is 1.38 bits per heavy atom. The summed E-state index contributed by atoms with van der Waals surface area (Å²) in [6.07, 6.45) is 2.48. The van der Waals surface area contributed by atoms with E-state index < -0.39 is 11.9 Å². The molecule has 6 nitrogen and oxygen atoms in total. The highest BCUT2D eigenvalue weighted by atomic mass is 16.4. The normalized spacial score (nSPS) is 30.4. The monoisotopic (exact) mass is 226 g/mol. The van der Waals surface area contributed by atoms with Crippen LogP contribution in [0.3, 0.4) is 0 Å². The molecule has 2 atom stereocenters. The highest BCUT2D eigenvalue weighted by Crippen LogP contribution is 2.28. The van der Waals surface area contributed by atoms with Crippen LogP contribution >= 0.6 is 0 Å². The third-order valence-electron chi connectivity index (χ3n) is 3.24. The van der Waals surface area contributed by atoms with Gasteiger partial charge in [-0.2, -0.15) is 0 Å². The molecule has 1 saturated heterocycles. The molecule has 2 unspecified atom stereocenters. The Hall–Kier alpha value is -1.59. The molecule has 1 aliphatic heterocycles. The fourth-order valence-corrected chi connectivity index (χ4v) is 2.43. The Morgan fingerprint density at radius 2 is 2.12 bits per heavy atom. The van der Waals surface area contributed by atoms with E-state index in [1.165, 1.54) is 4.90 Å². The molecule has 2 aliphatic rings. The van der Waals surface area contributed by atoms with E-state index >= 15 is 0 Å². The van der Waals surface area contributed by atoms with Gasteiger partial charge in [0.05, 0.1) is 12.5 Å². The first-order valence-electron chi connectivity index (χ1n) is 5.42. The van der Waals surface area contributed by atoms with Crippen LogP contribution in [0.4, 0.5) is 4.79 Å². The quantitative estimate of drug-likeness (QED) is 0.658. The Bertz CT molecular complexity index is 326. The molecule has 0 aromatic heterocycles. The highest BCUT2D eigenvalue weighted by molar-refractivity contribution is 6.02. The summed E-state index contributed by atoms with van der Waals surface area (Å²) in [5, 5.41) is 11.4. The number of carboxylic acid groups (broad SMARTS) is 1. The van der Waals surface area contributed by atoms with Crippen molar-refractivity contribution < 1.29 is 19.5 Å². The minimum Gasteiger partial charge on any atom is -0.481 e. The summed E-state index contributed by atoms with van der Waals surface area (Å²) in [6, 6.07) is -0.633. The maximum absolute atomic E-state index is 11.5. The molecule has 1 heterocycles. The molecule has 0 aromatic rings. The summed E-state index contributed by atoms with van der Waals surface area (Å²) >= 11 is 0. The maximum atomic E-state index is 11.5. The molecule has 0 aromatic carbocycles. The molecular weight excluding hydrogens is 212 g/mol. The van der Waals surface area contributed by atoms with Gasteiger partial charge in [0.2, 0.25) is 5.91 Å². The van der Waals surface area contributed by atoms with Gasteiger partial charge in [0.15, 0.2) is 0 Å². The second kappa shape index (κ2) is 4.11. The molecule has 0 bridgehead atoms. The van der Waals surface area contributed by atoms with Crippen LogP contribution in [0.1, 0.15) is 25.7 Å². The Balaban J connectivity index is 2.06. The van der Waals surface area contributed by atoms with E-state index in [-0.39, 0.29) is 24.5 Å². The predicted octanol–water partition coefficient (Wildman–Crippen LogP) is 0.182. The number of nitrogens with one attached hydrogen (secondary N) is 1. The molecule has 88 valence electrons. The number of imide groups is 1. The average molecular weight is 226 g/mol. The largest absolute Gasteiger partial charge is 0.481 e. The molecular formula is C10H14N2O4. The fraction of sp³-hybridized carbons (Fsp3) is 0.700. The van der Waals surface area contributed by atoms with Gasteiger partial charge in [-0.15, -0.1) is 0 Å². The molecule has 0 spiro atoms. The van der Waals surface area contributed by atoms with Crippen molar-refractivity contribution in [2.75, 3.05) is 6.54 Å². The topological polar surface area (TPSA) is 86.7 Å². The second-order valence-corrected chi connectivity index (χ2v) is 4.28. The molecule has 2 rings (SSSR count). The van der Waals surface area contributed by atoms with Gasteiger partial charge in [0.25, 0.3) is 0 Å². The highest BCUT2D eigenvalue weighted by Gasteiger charge is 2.38. The van der Waals surface area contributed by atoms with Crippen molar-refractivity contribution in [3.8, 4) is 0 Å². The maximum Gasteiger partial charge on any atom is 0.324 e. The van der Waals surface area contributed by atoms with Crippen molar-refractivity contribution in [2.24, 2.45) is 5.92 Å². The smallest absolute Gasteiger partial charge is 0.324 e. The van der Waals surface area contributed by atoms with Gasteiger partial charge in [-0.05, 0) is 19.3 Å². The lowest BCUT2D eigenvalue weighted by Gasteiger charge is -2.31. The van der Waals surface area contributed by atoms with E-state index in [1.807, 2.05) is 0 Å². The lowest BCUT2D eigenvalue weighted by molar-refractivity contribution is -0.144. The zero-order valence-corrected chi connectivity index (χ0v) is 8.81. The minimum absolute atomic E-state index is 0.0348. The number of carboxylic acids is 1. The van der Waals surface area contributed by atoms with E-state index in [9.17, 15) is 14.4 Å². The molecule has 6 heteroatoms. The standard InChI is InChI=1S/C10H14N2O4/c13-8-5-11-10(16)12(8)7-3-1-2-6(4-7)9(14)15/h6-7H,1-5H2,(H,11,16)(H,14,15). The molecule has 2 fully saturated rings. The number of hydrogen-bond acceptors (Lipinski definition) is 3. The van der Waals surface area contributed by atoms with Crippen LogP contribution in [0.5, 0.6) is 0 Å². The number of urea groups is 1. The van der Waals surface area contributed by atoms with Crippen molar-refractivity contribution in [3.63, 3.8) is 0 Å². The van der Waals surface area contributed by atoms with E-state index in [0.29, 0.717) is 19.3 Å². The molecule has 16 heavy (non-hydrogen) atoms. The number of amides is 3. The summed E-state index contributed by atoms with van der Waals surface area (Å²) in [5.74, 6) is -1.52. The van der Waals surface area contributed by atoms with Crippen molar-refractivity contribution in [1.29, 1.82) is 0 Å². The lowest BCUT2D eigenvalue weighted by Crippen LogP contribution is -2.44. The fourth-order valence-electron chi connectivity index (χ4n) is 2.43. The first-order valence-corrected chi connectivity index (χ1v) is 5.42. The summed E-state index contributed by atoms with van der Waals surface area (Å²) in [4.78, 5) is 34.9. The van der Waals surface area contributed by atoms with E-state index in [0.717, 1.165) is 6.42 Å². The number of carbonyl (C=O) groups excluding carboxylic acids is 2. The van der Waals surface area contributed by atoms with Crippen LogP contribution in [0, 0.1) is 5.92 Å². The van der Waals surface area contributed by atoms with Gasteiger partial charge in [-0.3, -0.25) is 14.5 Å². The zero-order valence-electron chi connectivity index (χ0n) is 8.81. The van der Waals surface area contributed by atoms with Crippen LogP contribution in [0.25, 0.3) is 0 Å². The van der Waals surface area contributed by atoms with Crippen LogP contribution in [0.2, 0.25) is 0 Å². The molecule has 1 aliphatic carbocycles. The first-order chi connectivity index (χ1) is 7.59. The average Bonchev–Trinajstić information content (AvgIpc) is 2.59. The summed E-state index contributed by atoms with van der Waals surface area (Å²) < 4.78 is 0. The summed E-state index contributed by atoms with van der Waals surface area (Å²) in [5.41, 5.74) is 0. The van der Waals surface area contributed by atoms with E-state index in [4.69, 9.17) is 5.11 Å². The van der Waals surface area contributed by atoms with Gasteiger partial charge in [0, 0.05) is 6.04 Å². The molecule has 3 amide bonds. The Kier molecular flexibility index (Phi) is 2.80. The van der Waals surface area contributed by atoms with Crippen molar-refractivity contribution >= 4 is 17.9 Å².